The van der Waals surface area contributed by atoms with Crippen LogP contribution in [-0.2, 0) is 0 Å². The first-order chi connectivity index (χ1) is 9.86. The van der Waals surface area contributed by atoms with E-state index in [9.17, 15) is 0 Å². The number of nitrogens with zero attached hydrogens (tertiary/aromatic N) is 2. The van der Waals surface area contributed by atoms with Crippen LogP contribution in [0.1, 0.15) is 32.6 Å². The molecule has 2 saturated heterocycles. The molecule has 3 heteroatoms. The molecule has 1 atom stereocenters. The van der Waals surface area contributed by atoms with Crippen LogP contribution in [0.5, 0.6) is 5.75 Å². The van der Waals surface area contributed by atoms with Crippen molar-refractivity contribution in [2.45, 2.75) is 38.6 Å². The number of rotatable bonds is 3. The highest BCUT2D eigenvalue weighted by Crippen LogP contribution is 2.25. The Bertz CT molecular complexity index is 418. The summed E-state index contributed by atoms with van der Waals surface area (Å²) in [6, 6.07) is 9.38. The van der Waals surface area contributed by atoms with Gasteiger partial charge in [0.2, 0.25) is 0 Å². The lowest BCUT2D eigenvalue weighted by atomic mass is 10.0. The average Bonchev–Trinajstić information content (AvgIpc) is 2.70. The molecule has 0 spiro atoms. The molecule has 2 fully saturated rings. The fraction of sp³-hybridized carbons (Fsp3) is 0.647. The number of ether oxygens (including phenoxy) is 1. The highest BCUT2D eigenvalue weighted by Gasteiger charge is 2.27. The van der Waals surface area contributed by atoms with Crippen molar-refractivity contribution in [2.75, 3.05) is 37.7 Å². The number of hydrogen-bond acceptors (Lipinski definition) is 3. The van der Waals surface area contributed by atoms with Crippen LogP contribution in [0, 0.1) is 0 Å². The first kappa shape index (κ1) is 13.7. The fourth-order valence-corrected chi connectivity index (χ4v) is 3.53. The van der Waals surface area contributed by atoms with Gasteiger partial charge in [0.05, 0.1) is 6.61 Å². The highest BCUT2D eigenvalue weighted by molar-refractivity contribution is 5.49. The summed E-state index contributed by atoms with van der Waals surface area (Å²) in [4.78, 5) is 5.27. The zero-order valence-electron chi connectivity index (χ0n) is 12.6. The largest absolute Gasteiger partial charge is 0.494 e. The Morgan fingerprint density at radius 1 is 1.05 bits per heavy atom. The maximum absolute atomic E-state index is 5.53. The number of piperidine rings is 1. The Morgan fingerprint density at radius 2 is 1.85 bits per heavy atom. The molecule has 3 rings (SSSR count). The van der Waals surface area contributed by atoms with Crippen LogP contribution in [0.4, 0.5) is 5.69 Å². The van der Waals surface area contributed by atoms with Gasteiger partial charge in [-0.15, -0.1) is 0 Å². The molecule has 0 bridgehead atoms. The third kappa shape index (κ3) is 3.09. The maximum atomic E-state index is 5.53. The molecule has 20 heavy (non-hydrogen) atoms. The second-order valence-electron chi connectivity index (χ2n) is 5.91. The SMILES string of the molecule is CCOc1ccc(N2CCCN3CCCCC3C2)cc1. The topological polar surface area (TPSA) is 15.7 Å². The Morgan fingerprint density at radius 3 is 2.65 bits per heavy atom. The fourth-order valence-electron chi connectivity index (χ4n) is 3.53. The number of hydrogen-bond donors (Lipinski definition) is 0. The van der Waals surface area contributed by atoms with Crippen LogP contribution < -0.4 is 9.64 Å². The van der Waals surface area contributed by atoms with Gasteiger partial charge in [0.1, 0.15) is 5.75 Å². The zero-order valence-corrected chi connectivity index (χ0v) is 12.6. The molecule has 3 nitrogen and oxygen atoms in total. The van der Waals surface area contributed by atoms with Crippen LogP contribution in [-0.4, -0.2) is 43.7 Å². The van der Waals surface area contributed by atoms with Crippen LogP contribution in [0.15, 0.2) is 24.3 Å². The van der Waals surface area contributed by atoms with Gasteiger partial charge in [-0.25, -0.2) is 0 Å². The summed E-state index contributed by atoms with van der Waals surface area (Å²) in [5, 5.41) is 0. The van der Waals surface area contributed by atoms with Gasteiger partial charge in [0.25, 0.3) is 0 Å². The minimum Gasteiger partial charge on any atom is -0.494 e. The van der Waals surface area contributed by atoms with Gasteiger partial charge in [-0.1, -0.05) is 6.42 Å². The summed E-state index contributed by atoms with van der Waals surface area (Å²) in [5.74, 6) is 0.977. The van der Waals surface area contributed by atoms with Crippen LogP contribution in [0.3, 0.4) is 0 Å². The lowest BCUT2D eigenvalue weighted by Crippen LogP contribution is -2.44. The molecular formula is C17H26N2O. The number of benzene rings is 1. The molecule has 1 aromatic carbocycles. The van der Waals surface area contributed by atoms with E-state index in [-0.39, 0.29) is 0 Å². The molecule has 0 saturated carbocycles. The predicted octanol–water partition coefficient (Wildman–Crippen LogP) is 3.15. The molecule has 0 aromatic heterocycles. The van der Waals surface area contributed by atoms with Crippen molar-refractivity contribution in [1.82, 2.24) is 4.90 Å². The minimum atomic E-state index is 0.736. The van der Waals surface area contributed by atoms with E-state index in [0.29, 0.717) is 0 Å². The van der Waals surface area contributed by atoms with Gasteiger partial charge < -0.3 is 9.64 Å². The standard InChI is InChI=1S/C17H26N2O/c1-2-20-17-9-7-15(8-10-17)19-13-5-12-18-11-4-3-6-16(18)14-19/h7-10,16H,2-6,11-14H2,1H3. The number of fused-ring (bicyclic) bond motifs is 1. The molecule has 0 radical (unpaired) electrons. The van der Waals surface area contributed by atoms with Crippen LogP contribution >= 0.6 is 0 Å². The summed E-state index contributed by atoms with van der Waals surface area (Å²) in [5.41, 5.74) is 1.35. The van der Waals surface area contributed by atoms with Gasteiger partial charge >= 0.3 is 0 Å². The van der Waals surface area contributed by atoms with Crippen molar-refractivity contribution in [3.8, 4) is 5.75 Å². The Balaban J connectivity index is 1.69. The second kappa shape index (κ2) is 6.49. The van der Waals surface area contributed by atoms with E-state index >= 15 is 0 Å². The Labute approximate surface area is 122 Å². The smallest absolute Gasteiger partial charge is 0.119 e. The Kier molecular flexibility index (Phi) is 4.46. The van der Waals surface area contributed by atoms with Crippen LogP contribution in [0.25, 0.3) is 0 Å². The molecule has 2 aliphatic heterocycles. The van der Waals surface area contributed by atoms with E-state index in [1.54, 1.807) is 0 Å². The van der Waals surface area contributed by atoms with E-state index in [1.807, 2.05) is 6.92 Å². The summed E-state index contributed by atoms with van der Waals surface area (Å²) in [7, 11) is 0. The summed E-state index contributed by atoms with van der Waals surface area (Å²) in [6.07, 6.45) is 5.44. The lowest BCUT2D eigenvalue weighted by molar-refractivity contribution is 0.162. The predicted molar refractivity (Wildman–Crippen MR) is 83.7 cm³/mol. The van der Waals surface area contributed by atoms with E-state index in [1.165, 1.54) is 57.5 Å². The summed E-state index contributed by atoms with van der Waals surface area (Å²) < 4.78 is 5.53. The maximum Gasteiger partial charge on any atom is 0.119 e. The van der Waals surface area contributed by atoms with Crippen molar-refractivity contribution in [3.05, 3.63) is 24.3 Å². The van der Waals surface area contributed by atoms with Gasteiger partial charge in [-0.2, -0.15) is 0 Å². The normalized spacial score (nSPS) is 24.1. The van der Waals surface area contributed by atoms with E-state index in [2.05, 4.69) is 34.1 Å². The highest BCUT2D eigenvalue weighted by atomic mass is 16.5. The first-order valence-electron chi connectivity index (χ1n) is 8.08. The van der Waals surface area contributed by atoms with E-state index in [4.69, 9.17) is 4.74 Å². The van der Waals surface area contributed by atoms with Gasteiger partial charge in [0.15, 0.2) is 0 Å². The second-order valence-corrected chi connectivity index (χ2v) is 5.91. The summed E-state index contributed by atoms with van der Waals surface area (Å²) >= 11 is 0. The van der Waals surface area contributed by atoms with Gasteiger partial charge in [-0.3, -0.25) is 4.90 Å². The monoisotopic (exact) mass is 274 g/mol. The molecule has 1 aromatic rings. The van der Waals surface area contributed by atoms with E-state index in [0.717, 1.165) is 18.4 Å². The third-order valence-corrected chi connectivity index (χ3v) is 4.57. The van der Waals surface area contributed by atoms with E-state index < -0.39 is 0 Å². The molecule has 2 heterocycles. The quantitative estimate of drug-likeness (QED) is 0.842. The molecule has 0 amide bonds. The molecule has 2 aliphatic rings. The van der Waals surface area contributed by atoms with Gasteiger partial charge in [-0.05, 0) is 57.0 Å². The van der Waals surface area contributed by atoms with Crippen molar-refractivity contribution >= 4 is 5.69 Å². The molecule has 0 aliphatic carbocycles. The third-order valence-electron chi connectivity index (χ3n) is 4.57. The van der Waals surface area contributed by atoms with Crippen molar-refractivity contribution in [1.29, 1.82) is 0 Å². The molecule has 1 unspecified atom stereocenters. The first-order valence-corrected chi connectivity index (χ1v) is 8.08. The molecular weight excluding hydrogens is 248 g/mol. The van der Waals surface area contributed by atoms with Crippen LogP contribution in [0.2, 0.25) is 0 Å². The average molecular weight is 274 g/mol. The summed E-state index contributed by atoms with van der Waals surface area (Å²) in [6.45, 7) is 7.72. The zero-order chi connectivity index (χ0) is 13.8. The lowest BCUT2D eigenvalue weighted by Gasteiger charge is -2.35. The van der Waals surface area contributed by atoms with Crippen molar-refractivity contribution < 1.29 is 4.74 Å². The van der Waals surface area contributed by atoms with Crippen molar-refractivity contribution in [3.63, 3.8) is 0 Å². The number of anilines is 1. The van der Waals surface area contributed by atoms with Crippen molar-refractivity contribution in [2.24, 2.45) is 0 Å². The Hall–Kier alpha value is -1.22. The molecule has 110 valence electrons. The molecule has 0 N–H and O–H groups in total. The van der Waals surface area contributed by atoms with Gasteiger partial charge in [0, 0.05) is 31.4 Å². The minimum absolute atomic E-state index is 0.736.